The van der Waals surface area contributed by atoms with Gasteiger partial charge in [-0.25, -0.2) is 0 Å². The van der Waals surface area contributed by atoms with Crippen LogP contribution in [0.5, 0.6) is 0 Å². The van der Waals surface area contributed by atoms with E-state index in [1.54, 1.807) is 0 Å². The number of aryl methyl sites for hydroxylation is 1. The van der Waals surface area contributed by atoms with Gasteiger partial charge in [-0.05, 0) is 75.3 Å². The SMILES string of the molecule is Cc1cccc(N)c1Nc1ccc(I)c(Br)c1. The summed E-state index contributed by atoms with van der Waals surface area (Å²) in [7, 11) is 0. The molecule has 0 aliphatic heterocycles. The second kappa shape index (κ2) is 5.27. The van der Waals surface area contributed by atoms with E-state index < -0.39 is 0 Å². The number of anilines is 3. The van der Waals surface area contributed by atoms with Crippen molar-refractivity contribution in [3.05, 3.63) is 50.0 Å². The lowest BCUT2D eigenvalue weighted by Gasteiger charge is -2.12. The van der Waals surface area contributed by atoms with Crippen molar-refractivity contribution in [2.24, 2.45) is 0 Å². The molecule has 0 amide bonds. The zero-order valence-electron chi connectivity index (χ0n) is 9.30. The van der Waals surface area contributed by atoms with Gasteiger partial charge in [0.15, 0.2) is 0 Å². The number of hydrogen-bond donors (Lipinski definition) is 2. The van der Waals surface area contributed by atoms with Crippen molar-refractivity contribution < 1.29 is 0 Å². The van der Waals surface area contributed by atoms with Crippen molar-refractivity contribution in [1.82, 2.24) is 0 Å². The second-order valence-electron chi connectivity index (χ2n) is 3.79. The molecule has 3 N–H and O–H groups in total. The number of hydrogen-bond acceptors (Lipinski definition) is 2. The summed E-state index contributed by atoms with van der Waals surface area (Å²) < 4.78 is 2.26. The molecule has 2 aromatic rings. The van der Waals surface area contributed by atoms with Gasteiger partial charge in [0.2, 0.25) is 0 Å². The molecule has 0 heterocycles. The summed E-state index contributed by atoms with van der Waals surface area (Å²) in [6, 6.07) is 12.0. The zero-order chi connectivity index (χ0) is 12.4. The molecule has 0 aliphatic carbocycles. The Labute approximate surface area is 123 Å². The summed E-state index contributed by atoms with van der Waals surface area (Å²) in [5.41, 5.74) is 9.86. The third-order valence-electron chi connectivity index (χ3n) is 2.49. The highest BCUT2D eigenvalue weighted by Crippen LogP contribution is 2.29. The van der Waals surface area contributed by atoms with Crippen LogP contribution in [0.4, 0.5) is 17.1 Å². The first-order valence-corrected chi connectivity index (χ1v) is 7.02. The highest BCUT2D eigenvalue weighted by molar-refractivity contribution is 14.1. The highest BCUT2D eigenvalue weighted by atomic mass is 127. The van der Waals surface area contributed by atoms with E-state index in [2.05, 4.69) is 49.9 Å². The van der Waals surface area contributed by atoms with Crippen molar-refractivity contribution in [3.8, 4) is 0 Å². The number of para-hydroxylation sites is 1. The summed E-state index contributed by atoms with van der Waals surface area (Å²) in [6.07, 6.45) is 0. The first-order chi connectivity index (χ1) is 8.08. The minimum atomic E-state index is 0.764. The van der Waals surface area contributed by atoms with Crippen molar-refractivity contribution in [2.45, 2.75) is 6.92 Å². The number of nitrogens with two attached hydrogens (primary N) is 1. The minimum Gasteiger partial charge on any atom is -0.397 e. The van der Waals surface area contributed by atoms with E-state index in [4.69, 9.17) is 5.73 Å². The van der Waals surface area contributed by atoms with Crippen molar-refractivity contribution in [2.75, 3.05) is 11.1 Å². The fraction of sp³-hybridized carbons (Fsp3) is 0.0769. The van der Waals surface area contributed by atoms with Gasteiger partial charge in [0.05, 0.1) is 11.4 Å². The monoisotopic (exact) mass is 402 g/mol. The fourth-order valence-electron chi connectivity index (χ4n) is 1.58. The molecule has 88 valence electrons. The molecule has 0 bridgehead atoms. The van der Waals surface area contributed by atoms with Gasteiger partial charge in [0.25, 0.3) is 0 Å². The van der Waals surface area contributed by atoms with E-state index in [9.17, 15) is 0 Å². The van der Waals surface area contributed by atoms with E-state index in [0.717, 1.165) is 27.1 Å². The van der Waals surface area contributed by atoms with Crippen LogP contribution in [0.1, 0.15) is 5.56 Å². The number of benzene rings is 2. The van der Waals surface area contributed by atoms with Gasteiger partial charge in [-0.3, -0.25) is 0 Å². The van der Waals surface area contributed by atoms with Gasteiger partial charge in [0, 0.05) is 13.7 Å². The molecule has 2 nitrogen and oxygen atoms in total. The van der Waals surface area contributed by atoms with Crippen LogP contribution in [-0.2, 0) is 0 Å². The highest BCUT2D eigenvalue weighted by Gasteiger charge is 2.04. The lowest BCUT2D eigenvalue weighted by Crippen LogP contribution is -1.98. The molecule has 0 spiro atoms. The summed E-state index contributed by atoms with van der Waals surface area (Å²) >= 11 is 5.80. The molecular formula is C13H12BrIN2. The number of halogens is 2. The Morgan fingerprint density at radius 1 is 1.24 bits per heavy atom. The molecule has 0 radical (unpaired) electrons. The van der Waals surface area contributed by atoms with Crippen LogP contribution >= 0.6 is 38.5 Å². The third-order valence-corrected chi connectivity index (χ3v) is 4.83. The van der Waals surface area contributed by atoms with Gasteiger partial charge in [-0.2, -0.15) is 0 Å². The van der Waals surface area contributed by atoms with E-state index in [1.165, 1.54) is 3.57 Å². The summed E-state index contributed by atoms with van der Waals surface area (Å²) in [6.45, 7) is 2.04. The molecule has 17 heavy (non-hydrogen) atoms. The lowest BCUT2D eigenvalue weighted by molar-refractivity contribution is 1.42. The van der Waals surface area contributed by atoms with E-state index >= 15 is 0 Å². The Morgan fingerprint density at radius 3 is 2.65 bits per heavy atom. The molecule has 0 saturated heterocycles. The maximum atomic E-state index is 5.96. The van der Waals surface area contributed by atoms with Crippen LogP contribution in [-0.4, -0.2) is 0 Å². The number of nitrogens with one attached hydrogen (secondary N) is 1. The maximum absolute atomic E-state index is 5.96. The van der Waals surface area contributed by atoms with Crippen LogP contribution in [0.15, 0.2) is 40.9 Å². The van der Waals surface area contributed by atoms with E-state index in [-0.39, 0.29) is 0 Å². The number of nitrogen functional groups attached to an aromatic ring is 1. The van der Waals surface area contributed by atoms with Crippen LogP contribution in [0.25, 0.3) is 0 Å². The molecule has 0 saturated carbocycles. The molecular weight excluding hydrogens is 391 g/mol. The van der Waals surface area contributed by atoms with Gasteiger partial charge in [-0.1, -0.05) is 12.1 Å². The largest absolute Gasteiger partial charge is 0.397 e. The average molecular weight is 403 g/mol. The van der Waals surface area contributed by atoms with Gasteiger partial charge < -0.3 is 11.1 Å². The molecule has 0 unspecified atom stereocenters. The molecule has 0 atom stereocenters. The Morgan fingerprint density at radius 2 is 2.00 bits per heavy atom. The number of rotatable bonds is 2. The predicted octanol–water partition coefficient (Wildman–Crippen LogP) is 4.69. The van der Waals surface area contributed by atoms with Crippen LogP contribution in [0, 0.1) is 10.5 Å². The molecule has 0 fully saturated rings. The zero-order valence-corrected chi connectivity index (χ0v) is 13.0. The quantitative estimate of drug-likeness (QED) is 0.565. The predicted molar refractivity (Wildman–Crippen MR) is 85.7 cm³/mol. The summed E-state index contributed by atoms with van der Waals surface area (Å²) in [5, 5.41) is 3.35. The normalized spacial score (nSPS) is 10.3. The van der Waals surface area contributed by atoms with Gasteiger partial charge in [-0.15, -0.1) is 0 Å². The standard InChI is InChI=1S/C13H12BrIN2/c1-8-3-2-4-12(16)13(8)17-9-5-6-11(15)10(14)7-9/h2-7,17H,16H2,1H3. The van der Waals surface area contributed by atoms with Crippen LogP contribution in [0.3, 0.4) is 0 Å². The Balaban J connectivity index is 2.35. The van der Waals surface area contributed by atoms with Crippen molar-refractivity contribution >= 4 is 55.6 Å². The molecule has 2 aromatic carbocycles. The smallest absolute Gasteiger partial charge is 0.0647 e. The van der Waals surface area contributed by atoms with Crippen LogP contribution < -0.4 is 11.1 Å². The topological polar surface area (TPSA) is 38.0 Å². The van der Waals surface area contributed by atoms with Gasteiger partial charge >= 0.3 is 0 Å². The first-order valence-electron chi connectivity index (χ1n) is 5.15. The average Bonchev–Trinajstić information content (AvgIpc) is 2.28. The van der Waals surface area contributed by atoms with E-state index in [1.807, 2.05) is 37.3 Å². The molecule has 0 aromatic heterocycles. The second-order valence-corrected chi connectivity index (χ2v) is 5.81. The van der Waals surface area contributed by atoms with Crippen molar-refractivity contribution in [1.29, 1.82) is 0 Å². The van der Waals surface area contributed by atoms with Crippen molar-refractivity contribution in [3.63, 3.8) is 0 Å². The summed E-state index contributed by atoms with van der Waals surface area (Å²) in [4.78, 5) is 0. The summed E-state index contributed by atoms with van der Waals surface area (Å²) in [5.74, 6) is 0. The molecule has 4 heteroatoms. The molecule has 0 aliphatic rings. The Bertz CT molecular complexity index is 535. The lowest BCUT2D eigenvalue weighted by atomic mass is 10.1. The Hall–Kier alpha value is -0.750. The first kappa shape index (κ1) is 12.7. The minimum absolute atomic E-state index is 0.764. The molecule has 2 rings (SSSR count). The van der Waals surface area contributed by atoms with Crippen LogP contribution in [0.2, 0.25) is 0 Å². The Kier molecular flexibility index (Phi) is 3.93. The third kappa shape index (κ3) is 2.93. The maximum Gasteiger partial charge on any atom is 0.0647 e. The van der Waals surface area contributed by atoms with E-state index in [0.29, 0.717) is 0 Å². The van der Waals surface area contributed by atoms with Gasteiger partial charge in [0.1, 0.15) is 0 Å². The fourth-order valence-corrected chi connectivity index (χ4v) is 2.29.